The quantitative estimate of drug-likeness (QED) is 0.681. The highest BCUT2D eigenvalue weighted by molar-refractivity contribution is 5.89. The van der Waals surface area contributed by atoms with Gasteiger partial charge in [-0.05, 0) is 38.1 Å². The summed E-state index contributed by atoms with van der Waals surface area (Å²) in [5.74, 6) is 5.85. The zero-order valence-corrected chi connectivity index (χ0v) is 11.1. The maximum absolute atomic E-state index is 11.6. The smallest absolute Gasteiger partial charge is 0.364 e. The highest BCUT2D eigenvalue weighted by atomic mass is 16.5. The Labute approximate surface area is 116 Å². The summed E-state index contributed by atoms with van der Waals surface area (Å²) in [6.45, 7) is 3.74. The number of hydrogen-bond acceptors (Lipinski definition) is 5. The van der Waals surface area contributed by atoms with E-state index in [4.69, 9.17) is 9.47 Å². The van der Waals surface area contributed by atoms with Crippen LogP contribution in [0.5, 0.6) is 11.6 Å². The zero-order chi connectivity index (χ0) is 14.4. The summed E-state index contributed by atoms with van der Waals surface area (Å²) in [6, 6.07) is 7.13. The minimum atomic E-state index is -0.579. The summed E-state index contributed by atoms with van der Waals surface area (Å²) < 4.78 is 10.4. The van der Waals surface area contributed by atoms with E-state index in [1.54, 1.807) is 26.0 Å². The van der Waals surface area contributed by atoms with Crippen LogP contribution in [-0.2, 0) is 4.74 Å². The Morgan fingerprint density at radius 1 is 1.35 bits per heavy atom. The van der Waals surface area contributed by atoms with Gasteiger partial charge in [-0.2, -0.15) is 0 Å². The minimum Gasteiger partial charge on any atom is -0.461 e. The Bertz CT molecular complexity index is 650. The Hall–Kier alpha value is -2.81. The molecular formula is C14H13N3O3. The van der Waals surface area contributed by atoms with E-state index in [2.05, 4.69) is 27.3 Å². The van der Waals surface area contributed by atoms with E-state index in [0.717, 1.165) is 5.56 Å². The molecule has 20 heavy (non-hydrogen) atoms. The fraction of sp³-hybridized carbons (Fsp3) is 0.214. The first-order valence-corrected chi connectivity index (χ1v) is 6.03. The van der Waals surface area contributed by atoms with Crippen molar-refractivity contribution in [3.63, 3.8) is 0 Å². The third-order valence-corrected chi connectivity index (χ3v) is 2.33. The molecule has 0 bridgehead atoms. The van der Waals surface area contributed by atoms with Gasteiger partial charge in [0, 0.05) is 5.56 Å². The highest BCUT2D eigenvalue weighted by Gasteiger charge is 2.19. The van der Waals surface area contributed by atoms with Crippen molar-refractivity contribution in [3.05, 3.63) is 35.5 Å². The van der Waals surface area contributed by atoms with Crippen LogP contribution in [-0.4, -0.2) is 28.0 Å². The van der Waals surface area contributed by atoms with Crippen LogP contribution in [0.25, 0.3) is 0 Å². The summed E-state index contributed by atoms with van der Waals surface area (Å²) >= 11 is 0. The standard InChI is InChI=1S/C14H13N3O3/c1-3-5-10-6-8-11(9-7-10)20-13-12(15-17-16-13)14(18)19-4-2/h6-9H,4H2,1-2H3,(H,15,16,17). The van der Waals surface area contributed by atoms with Crippen molar-refractivity contribution in [1.29, 1.82) is 0 Å². The third-order valence-electron chi connectivity index (χ3n) is 2.33. The molecule has 0 spiro atoms. The fourth-order valence-electron chi connectivity index (χ4n) is 1.49. The Kier molecular flexibility index (Phi) is 4.35. The van der Waals surface area contributed by atoms with Crippen molar-refractivity contribution in [3.8, 4) is 23.5 Å². The van der Waals surface area contributed by atoms with Crippen molar-refractivity contribution >= 4 is 5.97 Å². The van der Waals surface area contributed by atoms with Crippen molar-refractivity contribution in [2.24, 2.45) is 0 Å². The second-order valence-electron chi connectivity index (χ2n) is 3.71. The zero-order valence-electron chi connectivity index (χ0n) is 11.1. The molecule has 0 saturated carbocycles. The number of carbonyl (C=O) groups excluding carboxylic acids is 1. The number of esters is 1. The highest BCUT2D eigenvalue weighted by Crippen LogP contribution is 2.22. The van der Waals surface area contributed by atoms with E-state index in [-0.39, 0.29) is 18.2 Å². The van der Waals surface area contributed by atoms with Gasteiger partial charge in [-0.3, -0.25) is 0 Å². The molecule has 6 nitrogen and oxygen atoms in total. The number of ether oxygens (including phenoxy) is 2. The van der Waals surface area contributed by atoms with Crippen molar-refractivity contribution in [2.45, 2.75) is 13.8 Å². The molecule has 102 valence electrons. The van der Waals surface area contributed by atoms with Crippen LogP contribution in [0.4, 0.5) is 0 Å². The van der Waals surface area contributed by atoms with Crippen molar-refractivity contribution < 1.29 is 14.3 Å². The summed E-state index contributed by atoms with van der Waals surface area (Å²) in [6.07, 6.45) is 0. The minimum absolute atomic E-state index is 0.0178. The van der Waals surface area contributed by atoms with E-state index in [9.17, 15) is 4.79 Å². The number of hydrogen-bond donors (Lipinski definition) is 1. The average molecular weight is 271 g/mol. The van der Waals surface area contributed by atoms with Gasteiger partial charge < -0.3 is 9.47 Å². The number of H-pyrrole nitrogens is 1. The molecule has 1 heterocycles. The number of nitrogens with zero attached hydrogens (tertiary/aromatic N) is 2. The van der Waals surface area contributed by atoms with E-state index >= 15 is 0 Å². The Morgan fingerprint density at radius 3 is 2.75 bits per heavy atom. The lowest BCUT2D eigenvalue weighted by Gasteiger charge is -2.04. The lowest BCUT2D eigenvalue weighted by molar-refractivity contribution is 0.0516. The van der Waals surface area contributed by atoms with Crippen LogP contribution in [0.2, 0.25) is 0 Å². The molecule has 0 aliphatic heterocycles. The Morgan fingerprint density at radius 2 is 2.10 bits per heavy atom. The first-order valence-electron chi connectivity index (χ1n) is 6.03. The van der Waals surface area contributed by atoms with Crippen LogP contribution in [0.15, 0.2) is 24.3 Å². The van der Waals surface area contributed by atoms with Gasteiger partial charge in [0.1, 0.15) is 5.75 Å². The second-order valence-corrected chi connectivity index (χ2v) is 3.71. The van der Waals surface area contributed by atoms with Crippen LogP contribution in [0.3, 0.4) is 0 Å². The van der Waals surface area contributed by atoms with E-state index in [1.807, 2.05) is 12.1 Å². The molecule has 6 heteroatoms. The third kappa shape index (κ3) is 3.14. The molecule has 0 unspecified atom stereocenters. The molecule has 1 aromatic heterocycles. The van der Waals surface area contributed by atoms with Gasteiger partial charge in [0.25, 0.3) is 5.88 Å². The van der Waals surface area contributed by atoms with E-state index in [0.29, 0.717) is 5.75 Å². The fourth-order valence-corrected chi connectivity index (χ4v) is 1.49. The predicted octanol–water partition coefficient (Wildman–Crippen LogP) is 2.15. The molecule has 0 aliphatic carbocycles. The van der Waals surface area contributed by atoms with Gasteiger partial charge >= 0.3 is 5.97 Å². The van der Waals surface area contributed by atoms with Gasteiger partial charge in [-0.1, -0.05) is 11.1 Å². The van der Waals surface area contributed by atoms with Crippen molar-refractivity contribution in [1.82, 2.24) is 15.4 Å². The summed E-state index contributed by atoms with van der Waals surface area (Å²) in [7, 11) is 0. The summed E-state index contributed by atoms with van der Waals surface area (Å²) in [5, 5.41) is 9.72. The summed E-state index contributed by atoms with van der Waals surface area (Å²) in [4.78, 5) is 11.6. The number of aromatic nitrogens is 3. The summed E-state index contributed by atoms with van der Waals surface area (Å²) in [5.41, 5.74) is 0.900. The normalized spacial score (nSPS) is 9.50. The maximum Gasteiger partial charge on any atom is 0.364 e. The molecule has 1 aromatic carbocycles. The first kappa shape index (κ1) is 13.6. The molecule has 0 fully saturated rings. The lowest BCUT2D eigenvalue weighted by Crippen LogP contribution is -2.06. The van der Waals surface area contributed by atoms with Crippen molar-refractivity contribution in [2.75, 3.05) is 6.61 Å². The molecule has 0 atom stereocenters. The molecule has 0 saturated heterocycles. The molecular weight excluding hydrogens is 258 g/mol. The molecule has 0 radical (unpaired) electrons. The molecule has 2 rings (SSSR count). The number of rotatable bonds is 4. The largest absolute Gasteiger partial charge is 0.461 e. The molecule has 0 aliphatic rings. The number of nitrogens with one attached hydrogen (secondary N) is 1. The van der Waals surface area contributed by atoms with Gasteiger partial charge in [-0.15, -0.1) is 11.0 Å². The monoisotopic (exact) mass is 271 g/mol. The molecule has 2 aromatic rings. The number of carbonyl (C=O) groups is 1. The molecule has 1 N–H and O–H groups in total. The van der Waals surface area contributed by atoms with Gasteiger partial charge in [0.15, 0.2) is 0 Å². The van der Waals surface area contributed by atoms with Crippen LogP contribution in [0, 0.1) is 11.8 Å². The van der Waals surface area contributed by atoms with E-state index < -0.39 is 5.97 Å². The lowest BCUT2D eigenvalue weighted by atomic mass is 10.2. The number of aromatic amines is 1. The van der Waals surface area contributed by atoms with Crippen LogP contribution >= 0.6 is 0 Å². The molecule has 0 amide bonds. The van der Waals surface area contributed by atoms with Crippen LogP contribution < -0.4 is 4.74 Å². The van der Waals surface area contributed by atoms with Gasteiger partial charge in [-0.25, -0.2) is 9.89 Å². The predicted molar refractivity (Wildman–Crippen MR) is 71.4 cm³/mol. The number of benzene rings is 1. The topological polar surface area (TPSA) is 77.1 Å². The van der Waals surface area contributed by atoms with E-state index in [1.165, 1.54) is 0 Å². The average Bonchev–Trinajstić information content (AvgIpc) is 2.90. The Balaban J connectivity index is 2.15. The SMILES string of the molecule is CC#Cc1ccc(Oc2[nH]nnc2C(=O)OCC)cc1. The van der Waals surface area contributed by atoms with Crippen LogP contribution in [0.1, 0.15) is 29.9 Å². The van der Waals surface area contributed by atoms with Gasteiger partial charge in [0.2, 0.25) is 5.69 Å². The second kappa shape index (κ2) is 6.38. The van der Waals surface area contributed by atoms with Gasteiger partial charge in [0.05, 0.1) is 6.61 Å². The first-order chi connectivity index (χ1) is 9.74. The maximum atomic E-state index is 11.6.